The van der Waals surface area contributed by atoms with Crippen molar-refractivity contribution >= 4 is 17.5 Å². The van der Waals surface area contributed by atoms with Crippen molar-refractivity contribution in [2.24, 2.45) is 5.92 Å². The highest BCUT2D eigenvalue weighted by Gasteiger charge is 2.35. The Bertz CT molecular complexity index is 564. The topological polar surface area (TPSA) is 58.6 Å². The maximum Gasteiger partial charge on any atom is 0.227 e. The standard InChI is InChI=1S/C18H24N2O3/c1-2-13-5-7-15(8-6-13)20-12-14(10-17(20)21)18(22)19-11-16-4-3-9-23-16/h5-8,14,16H,2-4,9-12H2,1H3,(H,19,22)/t14-,16+/m1/s1. The van der Waals surface area contributed by atoms with Crippen LogP contribution >= 0.6 is 0 Å². The predicted molar refractivity (Wildman–Crippen MR) is 88.3 cm³/mol. The van der Waals surface area contributed by atoms with Crippen molar-refractivity contribution in [2.45, 2.75) is 38.7 Å². The summed E-state index contributed by atoms with van der Waals surface area (Å²) in [6.07, 6.45) is 3.45. The molecule has 5 nitrogen and oxygen atoms in total. The number of nitrogens with zero attached hydrogens (tertiary/aromatic N) is 1. The minimum Gasteiger partial charge on any atom is -0.376 e. The Hall–Kier alpha value is -1.88. The zero-order chi connectivity index (χ0) is 16.2. The summed E-state index contributed by atoms with van der Waals surface area (Å²) in [7, 11) is 0. The Morgan fingerprint density at radius 3 is 2.78 bits per heavy atom. The lowest BCUT2D eigenvalue weighted by Gasteiger charge is -2.17. The van der Waals surface area contributed by atoms with E-state index in [-0.39, 0.29) is 30.3 Å². The maximum atomic E-state index is 12.3. The first kappa shape index (κ1) is 16.0. The van der Waals surface area contributed by atoms with Gasteiger partial charge in [-0.1, -0.05) is 19.1 Å². The number of hydrogen-bond donors (Lipinski definition) is 1. The number of amides is 2. The Labute approximate surface area is 137 Å². The molecule has 1 N–H and O–H groups in total. The number of aryl methyl sites for hydroxylation is 1. The van der Waals surface area contributed by atoms with Crippen LogP contribution in [0.1, 0.15) is 31.7 Å². The van der Waals surface area contributed by atoms with E-state index < -0.39 is 0 Å². The number of anilines is 1. The molecule has 2 aliphatic heterocycles. The van der Waals surface area contributed by atoms with Crippen LogP contribution in [0.5, 0.6) is 0 Å². The molecule has 124 valence electrons. The van der Waals surface area contributed by atoms with Crippen molar-refractivity contribution in [3.8, 4) is 0 Å². The van der Waals surface area contributed by atoms with E-state index in [4.69, 9.17) is 4.74 Å². The van der Waals surface area contributed by atoms with Crippen molar-refractivity contribution in [3.05, 3.63) is 29.8 Å². The fourth-order valence-corrected chi connectivity index (χ4v) is 3.21. The Balaban J connectivity index is 1.56. The van der Waals surface area contributed by atoms with Crippen LogP contribution in [-0.4, -0.2) is 37.6 Å². The molecule has 3 rings (SSSR count). The summed E-state index contributed by atoms with van der Waals surface area (Å²) in [5.74, 6) is -0.289. The molecule has 23 heavy (non-hydrogen) atoms. The number of carbonyl (C=O) groups excluding carboxylic acids is 2. The van der Waals surface area contributed by atoms with Crippen molar-refractivity contribution in [1.29, 1.82) is 0 Å². The molecule has 0 saturated carbocycles. The molecule has 2 amide bonds. The van der Waals surface area contributed by atoms with Gasteiger partial charge < -0.3 is 15.0 Å². The molecule has 0 unspecified atom stereocenters. The van der Waals surface area contributed by atoms with E-state index in [1.54, 1.807) is 4.90 Å². The van der Waals surface area contributed by atoms with Gasteiger partial charge in [0.1, 0.15) is 0 Å². The van der Waals surface area contributed by atoms with Crippen LogP contribution in [0.2, 0.25) is 0 Å². The molecule has 2 saturated heterocycles. The second-order valence-corrected chi connectivity index (χ2v) is 6.31. The summed E-state index contributed by atoms with van der Waals surface area (Å²) in [5, 5.41) is 2.93. The average Bonchev–Trinajstić information content (AvgIpc) is 3.22. The first-order valence-corrected chi connectivity index (χ1v) is 8.46. The van der Waals surface area contributed by atoms with Gasteiger partial charge in [-0.2, -0.15) is 0 Å². The third-order valence-electron chi connectivity index (χ3n) is 4.68. The van der Waals surface area contributed by atoms with E-state index in [9.17, 15) is 9.59 Å². The van der Waals surface area contributed by atoms with Gasteiger partial charge in [-0.3, -0.25) is 9.59 Å². The number of carbonyl (C=O) groups is 2. The fraction of sp³-hybridized carbons (Fsp3) is 0.556. The van der Waals surface area contributed by atoms with Crippen molar-refractivity contribution in [1.82, 2.24) is 5.32 Å². The quantitative estimate of drug-likeness (QED) is 0.902. The maximum absolute atomic E-state index is 12.3. The van der Waals surface area contributed by atoms with Crippen LogP contribution in [0.4, 0.5) is 5.69 Å². The number of ether oxygens (including phenoxy) is 1. The molecule has 2 atom stereocenters. The minimum absolute atomic E-state index is 0.0199. The van der Waals surface area contributed by atoms with Crippen molar-refractivity contribution < 1.29 is 14.3 Å². The van der Waals surface area contributed by atoms with E-state index >= 15 is 0 Å². The van der Waals surface area contributed by atoms with E-state index in [2.05, 4.69) is 12.2 Å². The fourth-order valence-electron chi connectivity index (χ4n) is 3.21. The van der Waals surface area contributed by atoms with Crippen LogP contribution < -0.4 is 10.2 Å². The van der Waals surface area contributed by atoms with Crippen LogP contribution in [0, 0.1) is 5.92 Å². The molecule has 0 aliphatic carbocycles. The average molecular weight is 316 g/mol. The summed E-state index contributed by atoms with van der Waals surface area (Å²) in [6.45, 7) is 3.89. The molecule has 1 aromatic carbocycles. The molecule has 0 radical (unpaired) electrons. The summed E-state index contributed by atoms with van der Waals surface area (Å²) in [4.78, 5) is 26.2. The van der Waals surface area contributed by atoms with E-state index in [0.29, 0.717) is 13.1 Å². The van der Waals surface area contributed by atoms with Gasteiger partial charge in [-0.25, -0.2) is 0 Å². The van der Waals surface area contributed by atoms with Crippen molar-refractivity contribution in [3.63, 3.8) is 0 Å². The lowest BCUT2D eigenvalue weighted by atomic mass is 10.1. The SMILES string of the molecule is CCc1ccc(N2C[C@H](C(=O)NC[C@@H]3CCCO3)CC2=O)cc1. The number of hydrogen-bond acceptors (Lipinski definition) is 3. The lowest BCUT2D eigenvalue weighted by Crippen LogP contribution is -2.37. The van der Waals surface area contributed by atoms with Gasteiger partial charge in [0.2, 0.25) is 11.8 Å². The van der Waals surface area contributed by atoms with Gasteiger partial charge in [0.05, 0.1) is 12.0 Å². The normalized spacial score (nSPS) is 24.2. The van der Waals surface area contributed by atoms with Crippen LogP contribution in [0.25, 0.3) is 0 Å². The van der Waals surface area contributed by atoms with Crippen molar-refractivity contribution in [2.75, 3.05) is 24.6 Å². The second kappa shape index (κ2) is 7.13. The van der Waals surface area contributed by atoms with Gasteiger partial charge in [0.25, 0.3) is 0 Å². The predicted octanol–water partition coefficient (Wildman–Crippen LogP) is 1.90. The van der Waals surface area contributed by atoms with Gasteiger partial charge in [0.15, 0.2) is 0 Å². The molecule has 0 aromatic heterocycles. The molecule has 1 aromatic rings. The van der Waals surface area contributed by atoms with Gasteiger partial charge >= 0.3 is 0 Å². The highest BCUT2D eigenvalue weighted by molar-refractivity contribution is 6.00. The number of nitrogens with one attached hydrogen (secondary N) is 1. The second-order valence-electron chi connectivity index (χ2n) is 6.31. The van der Waals surface area contributed by atoms with Gasteiger partial charge in [-0.15, -0.1) is 0 Å². The number of benzene rings is 1. The Morgan fingerprint density at radius 2 is 2.13 bits per heavy atom. The van der Waals surface area contributed by atoms with Crippen LogP contribution in [-0.2, 0) is 20.7 Å². The van der Waals surface area contributed by atoms with Crippen LogP contribution in [0.15, 0.2) is 24.3 Å². The highest BCUT2D eigenvalue weighted by atomic mass is 16.5. The molecular formula is C18H24N2O3. The molecule has 2 aliphatic rings. The third-order valence-corrected chi connectivity index (χ3v) is 4.68. The first-order valence-electron chi connectivity index (χ1n) is 8.46. The summed E-state index contributed by atoms with van der Waals surface area (Å²) >= 11 is 0. The first-order chi connectivity index (χ1) is 11.2. The molecule has 0 bridgehead atoms. The summed E-state index contributed by atoms with van der Waals surface area (Å²) in [6, 6.07) is 7.99. The molecular weight excluding hydrogens is 292 g/mol. The van der Waals surface area contributed by atoms with Gasteiger partial charge in [-0.05, 0) is 37.0 Å². The van der Waals surface area contributed by atoms with Gasteiger partial charge in [0, 0.05) is 31.8 Å². The summed E-state index contributed by atoms with van der Waals surface area (Å²) < 4.78 is 5.51. The third kappa shape index (κ3) is 3.72. The molecule has 5 heteroatoms. The lowest BCUT2D eigenvalue weighted by molar-refractivity contribution is -0.126. The zero-order valence-corrected chi connectivity index (χ0v) is 13.6. The Kier molecular flexibility index (Phi) is 4.96. The number of rotatable bonds is 5. The minimum atomic E-state index is -0.269. The molecule has 2 fully saturated rings. The smallest absolute Gasteiger partial charge is 0.227 e. The molecule has 0 spiro atoms. The van der Waals surface area contributed by atoms with E-state index in [0.717, 1.165) is 31.6 Å². The van der Waals surface area contributed by atoms with E-state index in [1.807, 2.05) is 24.3 Å². The van der Waals surface area contributed by atoms with E-state index in [1.165, 1.54) is 5.56 Å². The molecule has 2 heterocycles. The zero-order valence-electron chi connectivity index (χ0n) is 13.6. The monoisotopic (exact) mass is 316 g/mol. The largest absolute Gasteiger partial charge is 0.376 e. The highest BCUT2D eigenvalue weighted by Crippen LogP contribution is 2.25. The Morgan fingerprint density at radius 1 is 1.35 bits per heavy atom. The summed E-state index contributed by atoms with van der Waals surface area (Å²) in [5.41, 5.74) is 2.12. The van der Waals surface area contributed by atoms with Crippen LogP contribution in [0.3, 0.4) is 0 Å².